The Hall–Kier alpha value is -1.98. The molecular weight excluding hydrogens is 182 g/mol. The van der Waals surface area contributed by atoms with E-state index >= 15 is 0 Å². The van der Waals surface area contributed by atoms with E-state index in [4.69, 9.17) is 10.2 Å². The lowest BCUT2D eigenvalue weighted by Crippen LogP contribution is -1.99. The molecule has 0 saturated heterocycles. The van der Waals surface area contributed by atoms with Crippen LogP contribution in [0.5, 0.6) is 0 Å². The molecule has 14 heavy (non-hydrogen) atoms. The van der Waals surface area contributed by atoms with E-state index < -0.39 is 0 Å². The highest BCUT2D eigenvalue weighted by Gasteiger charge is 2.01. The summed E-state index contributed by atoms with van der Waals surface area (Å²) in [4.78, 5) is 2.76. The molecule has 0 radical (unpaired) electrons. The van der Waals surface area contributed by atoms with Gasteiger partial charge >= 0.3 is 0 Å². The van der Waals surface area contributed by atoms with E-state index in [1.165, 1.54) is 0 Å². The van der Waals surface area contributed by atoms with Gasteiger partial charge in [0.1, 0.15) is 11.5 Å². The van der Waals surface area contributed by atoms with Gasteiger partial charge in [-0.2, -0.15) is 0 Å². The Kier molecular flexibility index (Phi) is 2.10. The smallest absolute Gasteiger partial charge is 0.223 e. The number of aromatic nitrogens is 3. The van der Waals surface area contributed by atoms with Crippen molar-refractivity contribution >= 4 is 11.9 Å². The first-order chi connectivity index (χ1) is 6.74. The minimum Gasteiger partial charge on any atom is -0.465 e. The van der Waals surface area contributed by atoms with Crippen molar-refractivity contribution in [3.05, 3.63) is 23.7 Å². The topological polar surface area (TPSA) is 92.8 Å². The molecule has 0 bridgehead atoms. The maximum absolute atomic E-state index is 5.36. The second kappa shape index (κ2) is 3.41. The van der Waals surface area contributed by atoms with Crippen LogP contribution in [0.25, 0.3) is 0 Å². The Morgan fingerprint density at radius 3 is 2.93 bits per heavy atom. The Morgan fingerprint density at radius 1 is 1.50 bits per heavy atom. The molecule has 2 aromatic heterocycles. The van der Waals surface area contributed by atoms with Gasteiger partial charge in [-0.25, -0.2) is 0 Å². The van der Waals surface area contributed by atoms with Crippen LogP contribution in [0.15, 0.2) is 16.5 Å². The molecule has 0 unspecified atom stereocenters. The summed E-state index contributed by atoms with van der Waals surface area (Å²) in [6.07, 6.45) is 0. The van der Waals surface area contributed by atoms with E-state index in [2.05, 4.69) is 20.5 Å². The fraction of sp³-hybridized carbons (Fsp3) is 0.250. The molecule has 2 heterocycles. The summed E-state index contributed by atoms with van der Waals surface area (Å²) in [6, 6.07) is 3.81. The molecule has 0 amide bonds. The molecule has 0 saturated carbocycles. The number of hydrogen-bond donors (Lipinski definition) is 3. The summed E-state index contributed by atoms with van der Waals surface area (Å²) >= 11 is 0. The van der Waals surface area contributed by atoms with Crippen molar-refractivity contribution in [2.24, 2.45) is 0 Å². The predicted molar refractivity (Wildman–Crippen MR) is 51.6 cm³/mol. The first-order valence-corrected chi connectivity index (χ1v) is 4.21. The number of nitrogens with zero attached hydrogens (tertiary/aromatic N) is 2. The number of rotatable bonds is 3. The molecule has 0 atom stereocenters. The lowest BCUT2D eigenvalue weighted by atomic mass is 10.4. The van der Waals surface area contributed by atoms with E-state index in [1.54, 1.807) is 0 Å². The monoisotopic (exact) mass is 193 g/mol. The highest BCUT2D eigenvalue weighted by Crippen LogP contribution is 2.08. The fourth-order valence-electron chi connectivity index (χ4n) is 1.11. The van der Waals surface area contributed by atoms with Crippen molar-refractivity contribution in [3.63, 3.8) is 0 Å². The Balaban J connectivity index is 1.94. The number of nitrogen functional groups attached to an aromatic ring is 1. The summed E-state index contributed by atoms with van der Waals surface area (Å²) < 4.78 is 5.36. The molecule has 2 rings (SSSR count). The predicted octanol–water partition coefficient (Wildman–Crippen LogP) is 0.900. The first-order valence-electron chi connectivity index (χ1n) is 4.21. The van der Waals surface area contributed by atoms with Crippen LogP contribution in [0.3, 0.4) is 0 Å². The molecule has 0 aliphatic rings. The summed E-state index contributed by atoms with van der Waals surface area (Å²) in [5, 5.41) is 10.4. The molecule has 4 N–H and O–H groups in total. The van der Waals surface area contributed by atoms with E-state index in [-0.39, 0.29) is 0 Å². The number of anilines is 2. The summed E-state index contributed by atoms with van der Waals surface area (Å²) in [6.45, 7) is 2.46. The SMILES string of the molecule is Cc1ccc(CNc2nnc(N)[nH]2)o1. The van der Waals surface area contributed by atoms with Crippen molar-refractivity contribution < 1.29 is 4.42 Å². The average Bonchev–Trinajstić information content (AvgIpc) is 2.72. The molecule has 0 aromatic carbocycles. The number of hydrogen-bond acceptors (Lipinski definition) is 5. The number of H-pyrrole nitrogens is 1. The number of aryl methyl sites for hydroxylation is 1. The van der Waals surface area contributed by atoms with Gasteiger partial charge in [-0.1, -0.05) is 0 Å². The largest absolute Gasteiger partial charge is 0.465 e. The summed E-state index contributed by atoms with van der Waals surface area (Å²) in [7, 11) is 0. The zero-order chi connectivity index (χ0) is 9.97. The molecule has 0 aliphatic carbocycles. The molecular formula is C8H11N5O. The number of aromatic amines is 1. The molecule has 2 aromatic rings. The number of nitrogens with one attached hydrogen (secondary N) is 2. The van der Waals surface area contributed by atoms with Crippen LogP contribution in [0, 0.1) is 6.92 Å². The maximum Gasteiger partial charge on any atom is 0.223 e. The third-order valence-electron chi connectivity index (χ3n) is 1.73. The summed E-state index contributed by atoms with van der Waals surface area (Å²) in [5.41, 5.74) is 5.36. The van der Waals surface area contributed by atoms with Crippen molar-refractivity contribution in [1.82, 2.24) is 15.2 Å². The van der Waals surface area contributed by atoms with Crippen LogP contribution in [0.1, 0.15) is 11.5 Å². The number of furan rings is 1. The third-order valence-corrected chi connectivity index (χ3v) is 1.73. The van der Waals surface area contributed by atoms with Crippen molar-refractivity contribution in [1.29, 1.82) is 0 Å². The zero-order valence-corrected chi connectivity index (χ0v) is 7.74. The zero-order valence-electron chi connectivity index (χ0n) is 7.74. The lowest BCUT2D eigenvalue weighted by molar-refractivity contribution is 0.490. The van der Waals surface area contributed by atoms with Gasteiger partial charge in [0, 0.05) is 0 Å². The van der Waals surface area contributed by atoms with Crippen LogP contribution in [0.2, 0.25) is 0 Å². The van der Waals surface area contributed by atoms with Crippen LogP contribution in [-0.2, 0) is 6.54 Å². The van der Waals surface area contributed by atoms with Crippen molar-refractivity contribution in [3.8, 4) is 0 Å². The third kappa shape index (κ3) is 1.85. The lowest BCUT2D eigenvalue weighted by Gasteiger charge is -1.97. The van der Waals surface area contributed by atoms with Gasteiger partial charge in [0.05, 0.1) is 6.54 Å². The molecule has 0 spiro atoms. The maximum atomic E-state index is 5.36. The quantitative estimate of drug-likeness (QED) is 0.673. The molecule has 0 fully saturated rings. The van der Waals surface area contributed by atoms with Crippen molar-refractivity contribution in [2.75, 3.05) is 11.1 Å². The van der Waals surface area contributed by atoms with Crippen LogP contribution in [-0.4, -0.2) is 15.2 Å². The van der Waals surface area contributed by atoms with Gasteiger partial charge in [0.2, 0.25) is 11.9 Å². The Bertz CT molecular complexity index is 379. The van der Waals surface area contributed by atoms with Gasteiger partial charge in [0.15, 0.2) is 0 Å². The molecule has 0 aliphatic heterocycles. The molecule has 6 heteroatoms. The highest BCUT2D eigenvalue weighted by atomic mass is 16.3. The highest BCUT2D eigenvalue weighted by molar-refractivity contribution is 5.30. The minimum atomic E-state index is 0.295. The second-order valence-corrected chi connectivity index (χ2v) is 2.92. The van der Waals surface area contributed by atoms with E-state index in [0.717, 1.165) is 11.5 Å². The second-order valence-electron chi connectivity index (χ2n) is 2.92. The normalized spacial score (nSPS) is 10.4. The minimum absolute atomic E-state index is 0.295. The fourth-order valence-corrected chi connectivity index (χ4v) is 1.11. The van der Waals surface area contributed by atoms with Gasteiger partial charge in [-0.15, -0.1) is 10.2 Å². The Labute approximate surface area is 80.5 Å². The number of nitrogens with two attached hydrogens (primary N) is 1. The van der Waals surface area contributed by atoms with Gasteiger partial charge in [-0.3, -0.25) is 4.98 Å². The van der Waals surface area contributed by atoms with Crippen LogP contribution in [0.4, 0.5) is 11.9 Å². The van der Waals surface area contributed by atoms with Gasteiger partial charge in [-0.05, 0) is 19.1 Å². The summed E-state index contributed by atoms with van der Waals surface area (Å²) in [5.74, 6) is 2.57. The van der Waals surface area contributed by atoms with Crippen molar-refractivity contribution in [2.45, 2.75) is 13.5 Å². The van der Waals surface area contributed by atoms with E-state index in [0.29, 0.717) is 18.4 Å². The van der Waals surface area contributed by atoms with Gasteiger partial charge < -0.3 is 15.5 Å². The van der Waals surface area contributed by atoms with E-state index in [9.17, 15) is 0 Å². The Morgan fingerprint density at radius 2 is 2.36 bits per heavy atom. The van der Waals surface area contributed by atoms with Crippen LogP contribution < -0.4 is 11.1 Å². The standard InChI is InChI=1S/C8H11N5O/c1-5-2-3-6(14-5)4-10-8-11-7(9)12-13-8/h2-3H,4H2,1H3,(H4,9,10,11,12,13). The molecule has 74 valence electrons. The first kappa shape index (κ1) is 8.61. The average molecular weight is 193 g/mol. The molecule has 6 nitrogen and oxygen atoms in total. The van der Waals surface area contributed by atoms with Crippen LogP contribution >= 0.6 is 0 Å². The van der Waals surface area contributed by atoms with E-state index in [1.807, 2.05) is 19.1 Å². The van der Waals surface area contributed by atoms with Gasteiger partial charge in [0.25, 0.3) is 0 Å².